The monoisotopic (exact) mass is 203 g/mol. The number of hydrogen-bond donors (Lipinski definition) is 2. The van der Waals surface area contributed by atoms with E-state index in [4.69, 9.17) is 9.84 Å². The standard InChI is InChI=1S/C11H25NO2/c1-10(2)12-7-5-4-6-11(8-13)9-14-3/h10-13H,4-9H2,1-3H3. The molecule has 0 rings (SSSR count). The van der Waals surface area contributed by atoms with Gasteiger partial charge in [-0.15, -0.1) is 0 Å². The van der Waals surface area contributed by atoms with Crippen molar-refractivity contribution in [2.24, 2.45) is 5.92 Å². The summed E-state index contributed by atoms with van der Waals surface area (Å²) in [5.74, 6) is 0.319. The molecule has 0 aliphatic heterocycles. The molecule has 0 aromatic carbocycles. The first-order valence-corrected chi connectivity index (χ1v) is 5.53. The molecule has 0 spiro atoms. The maximum Gasteiger partial charge on any atom is 0.0512 e. The minimum atomic E-state index is 0.242. The smallest absolute Gasteiger partial charge is 0.0512 e. The van der Waals surface area contributed by atoms with Crippen LogP contribution < -0.4 is 5.32 Å². The summed E-state index contributed by atoms with van der Waals surface area (Å²) >= 11 is 0. The summed E-state index contributed by atoms with van der Waals surface area (Å²) in [5, 5.41) is 12.4. The Labute approximate surface area is 87.8 Å². The van der Waals surface area contributed by atoms with Gasteiger partial charge in [0.15, 0.2) is 0 Å². The normalized spacial score (nSPS) is 13.5. The van der Waals surface area contributed by atoms with Gasteiger partial charge >= 0.3 is 0 Å². The average molecular weight is 203 g/mol. The molecule has 0 aliphatic carbocycles. The van der Waals surface area contributed by atoms with E-state index < -0.39 is 0 Å². The molecule has 1 unspecified atom stereocenters. The van der Waals surface area contributed by atoms with Crippen molar-refractivity contribution >= 4 is 0 Å². The van der Waals surface area contributed by atoms with Gasteiger partial charge in [-0.05, 0) is 19.4 Å². The summed E-state index contributed by atoms with van der Waals surface area (Å²) in [7, 11) is 1.68. The number of aliphatic hydroxyl groups excluding tert-OH is 1. The van der Waals surface area contributed by atoms with Crippen LogP contribution in [0.5, 0.6) is 0 Å². The van der Waals surface area contributed by atoms with Crippen molar-refractivity contribution in [2.45, 2.75) is 39.2 Å². The first-order chi connectivity index (χ1) is 6.70. The number of aliphatic hydroxyl groups is 1. The molecule has 1 atom stereocenters. The van der Waals surface area contributed by atoms with Gasteiger partial charge in [0.2, 0.25) is 0 Å². The summed E-state index contributed by atoms with van der Waals surface area (Å²) in [4.78, 5) is 0. The summed E-state index contributed by atoms with van der Waals surface area (Å²) in [6, 6.07) is 0.572. The highest BCUT2D eigenvalue weighted by molar-refractivity contribution is 4.58. The highest BCUT2D eigenvalue weighted by Gasteiger charge is 2.05. The number of methoxy groups -OCH3 is 1. The molecule has 0 saturated heterocycles. The molecule has 0 radical (unpaired) electrons. The van der Waals surface area contributed by atoms with Crippen molar-refractivity contribution in [3.63, 3.8) is 0 Å². The van der Waals surface area contributed by atoms with Crippen LogP contribution in [0.15, 0.2) is 0 Å². The van der Waals surface area contributed by atoms with Gasteiger partial charge in [0.05, 0.1) is 6.61 Å². The molecule has 0 saturated carbocycles. The Balaban J connectivity index is 3.24. The first-order valence-electron chi connectivity index (χ1n) is 5.53. The fraction of sp³-hybridized carbons (Fsp3) is 1.00. The van der Waals surface area contributed by atoms with Crippen LogP contribution in [-0.4, -0.2) is 38.0 Å². The van der Waals surface area contributed by atoms with Crippen molar-refractivity contribution in [2.75, 3.05) is 26.9 Å². The SMILES string of the molecule is COCC(CO)CCCCNC(C)C. The lowest BCUT2D eigenvalue weighted by atomic mass is 10.0. The van der Waals surface area contributed by atoms with Crippen molar-refractivity contribution in [3.05, 3.63) is 0 Å². The number of unbranched alkanes of at least 4 members (excludes halogenated alkanes) is 1. The molecule has 2 N–H and O–H groups in total. The van der Waals surface area contributed by atoms with E-state index >= 15 is 0 Å². The molecule has 14 heavy (non-hydrogen) atoms. The third-order valence-corrected chi connectivity index (χ3v) is 2.25. The van der Waals surface area contributed by atoms with E-state index in [1.165, 1.54) is 6.42 Å². The van der Waals surface area contributed by atoms with Crippen LogP contribution in [0.3, 0.4) is 0 Å². The van der Waals surface area contributed by atoms with E-state index in [0.717, 1.165) is 19.4 Å². The molecule has 0 aromatic rings. The van der Waals surface area contributed by atoms with Gasteiger partial charge in [-0.25, -0.2) is 0 Å². The quantitative estimate of drug-likeness (QED) is 0.557. The summed E-state index contributed by atoms with van der Waals surface area (Å²) in [5.41, 5.74) is 0. The maximum atomic E-state index is 9.01. The van der Waals surface area contributed by atoms with Gasteiger partial charge in [0.1, 0.15) is 0 Å². The van der Waals surface area contributed by atoms with Crippen LogP contribution in [-0.2, 0) is 4.74 Å². The Bertz CT molecular complexity index is 118. The van der Waals surface area contributed by atoms with Crippen LogP contribution in [0.2, 0.25) is 0 Å². The molecular weight excluding hydrogens is 178 g/mol. The Hall–Kier alpha value is -0.120. The molecular formula is C11H25NO2. The van der Waals surface area contributed by atoms with E-state index in [1.54, 1.807) is 7.11 Å². The molecule has 3 heteroatoms. The highest BCUT2D eigenvalue weighted by atomic mass is 16.5. The minimum absolute atomic E-state index is 0.242. The number of hydrogen-bond acceptors (Lipinski definition) is 3. The predicted octanol–water partition coefficient (Wildman–Crippen LogP) is 1.41. The maximum absolute atomic E-state index is 9.01. The van der Waals surface area contributed by atoms with Crippen LogP contribution in [0.1, 0.15) is 33.1 Å². The minimum Gasteiger partial charge on any atom is -0.396 e. The summed E-state index contributed by atoms with van der Waals surface area (Å²) in [6.45, 7) is 6.30. The zero-order valence-electron chi connectivity index (χ0n) is 9.75. The second kappa shape index (κ2) is 9.44. The Morgan fingerprint density at radius 1 is 1.29 bits per heavy atom. The Kier molecular flexibility index (Phi) is 9.35. The van der Waals surface area contributed by atoms with Crippen LogP contribution >= 0.6 is 0 Å². The predicted molar refractivity (Wildman–Crippen MR) is 59.4 cm³/mol. The highest BCUT2D eigenvalue weighted by Crippen LogP contribution is 2.07. The molecule has 86 valence electrons. The van der Waals surface area contributed by atoms with Gasteiger partial charge in [0, 0.05) is 25.7 Å². The second-order valence-electron chi connectivity index (χ2n) is 4.11. The van der Waals surface area contributed by atoms with Gasteiger partial charge in [-0.3, -0.25) is 0 Å². The van der Waals surface area contributed by atoms with Crippen molar-refractivity contribution in [1.82, 2.24) is 5.32 Å². The zero-order chi connectivity index (χ0) is 10.8. The first kappa shape index (κ1) is 13.9. The number of ether oxygens (including phenoxy) is 1. The number of nitrogens with one attached hydrogen (secondary N) is 1. The van der Waals surface area contributed by atoms with Gasteiger partial charge in [-0.1, -0.05) is 20.3 Å². The number of rotatable bonds is 9. The van der Waals surface area contributed by atoms with E-state index in [2.05, 4.69) is 19.2 Å². The molecule has 0 heterocycles. The molecule has 0 aromatic heterocycles. The lowest BCUT2D eigenvalue weighted by molar-refractivity contribution is 0.104. The van der Waals surface area contributed by atoms with Crippen LogP contribution in [0.25, 0.3) is 0 Å². The van der Waals surface area contributed by atoms with E-state index in [-0.39, 0.29) is 6.61 Å². The van der Waals surface area contributed by atoms with Crippen molar-refractivity contribution in [3.8, 4) is 0 Å². The van der Waals surface area contributed by atoms with Crippen molar-refractivity contribution in [1.29, 1.82) is 0 Å². The molecule has 0 bridgehead atoms. The third kappa shape index (κ3) is 8.48. The van der Waals surface area contributed by atoms with Gasteiger partial charge < -0.3 is 15.2 Å². The largest absolute Gasteiger partial charge is 0.396 e. The van der Waals surface area contributed by atoms with E-state index in [0.29, 0.717) is 18.6 Å². The summed E-state index contributed by atoms with van der Waals surface area (Å²) < 4.78 is 5.01. The lowest BCUT2D eigenvalue weighted by Crippen LogP contribution is -2.23. The Morgan fingerprint density at radius 3 is 2.50 bits per heavy atom. The molecule has 0 amide bonds. The molecule has 0 fully saturated rings. The lowest BCUT2D eigenvalue weighted by Gasteiger charge is -2.13. The topological polar surface area (TPSA) is 41.5 Å². The molecule has 3 nitrogen and oxygen atoms in total. The second-order valence-corrected chi connectivity index (χ2v) is 4.11. The van der Waals surface area contributed by atoms with Crippen molar-refractivity contribution < 1.29 is 9.84 Å². The fourth-order valence-corrected chi connectivity index (χ4v) is 1.41. The van der Waals surface area contributed by atoms with E-state index in [9.17, 15) is 0 Å². The third-order valence-electron chi connectivity index (χ3n) is 2.25. The van der Waals surface area contributed by atoms with Gasteiger partial charge in [0.25, 0.3) is 0 Å². The fourth-order valence-electron chi connectivity index (χ4n) is 1.41. The van der Waals surface area contributed by atoms with Crippen LogP contribution in [0.4, 0.5) is 0 Å². The zero-order valence-corrected chi connectivity index (χ0v) is 9.75. The van der Waals surface area contributed by atoms with E-state index in [1.807, 2.05) is 0 Å². The average Bonchev–Trinajstić information content (AvgIpc) is 2.15. The van der Waals surface area contributed by atoms with Crippen LogP contribution in [0, 0.1) is 5.92 Å². The summed E-state index contributed by atoms with van der Waals surface area (Å²) in [6.07, 6.45) is 3.40. The molecule has 0 aliphatic rings. The van der Waals surface area contributed by atoms with Gasteiger partial charge in [-0.2, -0.15) is 0 Å². The Morgan fingerprint density at radius 2 is 2.00 bits per heavy atom.